The van der Waals surface area contributed by atoms with E-state index < -0.39 is 6.04 Å². The highest BCUT2D eigenvalue weighted by atomic mass is 35.5. The van der Waals surface area contributed by atoms with Crippen LogP contribution in [0.5, 0.6) is 5.75 Å². The van der Waals surface area contributed by atoms with Crippen LogP contribution in [0.1, 0.15) is 38.3 Å². The molecule has 156 valence electrons. The van der Waals surface area contributed by atoms with E-state index in [1.165, 1.54) is 4.90 Å². The molecule has 2 rings (SSSR count). The summed E-state index contributed by atoms with van der Waals surface area (Å²) in [5, 5.41) is 3.53. The van der Waals surface area contributed by atoms with E-state index in [1.807, 2.05) is 51.1 Å². The molecule has 0 unspecified atom stereocenters. The number of carbonyl (C=O) groups is 2. The standard InChI is InChI=1S/C23H29ClN2O3/c1-5-17(3)25-23(28)18(4)26(14-19-9-7-10-20(24)13-19)22(27)15-29-21-11-6-8-16(2)12-21/h6-13,17-18H,5,14-15H2,1-4H3,(H,25,28)/t17-,18-/m1/s1. The Morgan fingerprint density at radius 2 is 1.86 bits per heavy atom. The maximum absolute atomic E-state index is 13.0. The summed E-state index contributed by atoms with van der Waals surface area (Å²) in [4.78, 5) is 27.2. The molecule has 0 saturated heterocycles. The van der Waals surface area contributed by atoms with Crippen molar-refractivity contribution in [1.82, 2.24) is 10.2 Å². The van der Waals surface area contributed by atoms with Gasteiger partial charge in [-0.05, 0) is 62.6 Å². The van der Waals surface area contributed by atoms with Gasteiger partial charge in [0.15, 0.2) is 6.61 Å². The van der Waals surface area contributed by atoms with Crippen LogP contribution < -0.4 is 10.1 Å². The second-order valence-electron chi connectivity index (χ2n) is 7.25. The van der Waals surface area contributed by atoms with Gasteiger partial charge >= 0.3 is 0 Å². The van der Waals surface area contributed by atoms with Crippen molar-refractivity contribution in [3.63, 3.8) is 0 Å². The fraction of sp³-hybridized carbons (Fsp3) is 0.391. The Morgan fingerprint density at radius 1 is 1.14 bits per heavy atom. The number of nitrogens with zero attached hydrogens (tertiary/aromatic N) is 1. The van der Waals surface area contributed by atoms with Gasteiger partial charge in [-0.3, -0.25) is 9.59 Å². The van der Waals surface area contributed by atoms with Crippen LogP contribution in [0.25, 0.3) is 0 Å². The molecule has 0 fully saturated rings. The topological polar surface area (TPSA) is 58.6 Å². The smallest absolute Gasteiger partial charge is 0.261 e. The molecule has 29 heavy (non-hydrogen) atoms. The first kappa shape index (κ1) is 22.8. The Hall–Kier alpha value is -2.53. The number of benzene rings is 2. The SMILES string of the molecule is CC[C@@H](C)NC(=O)[C@@H](C)N(Cc1cccc(Cl)c1)C(=O)COc1cccc(C)c1. The summed E-state index contributed by atoms with van der Waals surface area (Å²) >= 11 is 6.09. The lowest BCUT2D eigenvalue weighted by Gasteiger charge is -2.29. The van der Waals surface area contributed by atoms with E-state index >= 15 is 0 Å². The van der Waals surface area contributed by atoms with Crippen molar-refractivity contribution in [2.75, 3.05) is 6.61 Å². The van der Waals surface area contributed by atoms with E-state index in [-0.39, 0.29) is 31.0 Å². The predicted octanol–water partition coefficient (Wildman–Crippen LogP) is 4.36. The van der Waals surface area contributed by atoms with Gasteiger partial charge in [0, 0.05) is 17.6 Å². The monoisotopic (exact) mass is 416 g/mol. The third kappa shape index (κ3) is 7.09. The van der Waals surface area contributed by atoms with Gasteiger partial charge in [-0.1, -0.05) is 42.8 Å². The van der Waals surface area contributed by atoms with Crippen LogP contribution >= 0.6 is 11.6 Å². The Morgan fingerprint density at radius 3 is 2.52 bits per heavy atom. The van der Waals surface area contributed by atoms with Crippen LogP contribution in [-0.2, 0) is 16.1 Å². The zero-order valence-electron chi connectivity index (χ0n) is 17.4. The molecule has 0 aliphatic heterocycles. The quantitative estimate of drug-likeness (QED) is 0.660. The maximum Gasteiger partial charge on any atom is 0.261 e. The van der Waals surface area contributed by atoms with E-state index in [4.69, 9.17) is 16.3 Å². The Balaban J connectivity index is 2.15. The molecule has 2 aromatic carbocycles. The van der Waals surface area contributed by atoms with Crippen LogP contribution in [0, 0.1) is 6.92 Å². The van der Waals surface area contributed by atoms with Crippen molar-refractivity contribution >= 4 is 23.4 Å². The van der Waals surface area contributed by atoms with E-state index in [9.17, 15) is 9.59 Å². The van der Waals surface area contributed by atoms with Gasteiger partial charge in [0.2, 0.25) is 5.91 Å². The van der Waals surface area contributed by atoms with Gasteiger partial charge in [0.25, 0.3) is 5.91 Å². The lowest BCUT2D eigenvalue weighted by atomic mass is 10.1. The first-order chi connectivity index (χ1) is 13.8. The number of hydrogen-bond donors (Lipinski definition) is 1. The van der Waals surface area contributed by atoms with E-state index in [0.29, 0.717) is 10.8 Å². The average Bonchev–Trinajstić information content (AvgIpc) is 2.69. The average molecular weight is 417 g/mol. The minimum absolute atomic E-state index is 0.0385. The number of carbonyl (C=O) groups excluding carboxylic acids is 2. The molecular weight excluding hydrogens is 388 g/mol. The summed E-state index contributed by atoms with van der Waals surface area (Å²) < 4.78 is 5.67. The number of halogens is 1. The molecule has 1 N–H and O–H groups in total. The number of aryl methyl sites for hydroxylation is 1. The maximum atomic E-state index is 13.0. The predicted molar refractivity (Wildman–Crippen MR) is 116 cm³/mol. The summed E-state index contributed by atoms with van der Waals surface area (Å²) in [6, 6.07) is 14.2. The summed E-state index contributed by atoms with van der Waals surface area (Å²) in [7, 11) is 0. The molecule has 5 nitrogen and oxygen atoms in total. The summed E-state index contributed by atoms with van der Waals surface area (Å²) in [5.41, 5.74) is 1.90. The zero-order chi connectivity index (χ0) is 21.4. The van der Waals surface area contributed by atoms with Crippen molar-refractivity contribution < 1.29 is 14.3 Å². The Bertz CT molecular complexity index is 840. The first-order valence-corrected chi connectivity index (χ1v) is 10.2. The van der Waals surface area contributed by atoms with Gasteiger partial charge in [0.1, 0.15) is 11.8 Å². The molecule has 0 aliphatic carbocycles. The van der Waals surface area contributed by atoms with Crippen molar-refractivity contribution in [3.8, 4) is 5.75 Å². The summed E-state index contributed by atoms with van der Waals surface area (Å²) in [5.74, 6) is 0.168. The van der Waals surface area contributed by atoms with Gasteiger partial charge in [0.05, 0.1) is 0 Å². The summed E-state index contributed by atoms with van der Waals surface area (Å²) in [6.45, 7) is 7.75. The molecule has 2 aromatic rings. The third-order valence-electron chi connectivity index (χ3n) is 4.76. The van der Waals surface area contributed by atoms with Crippen LogP contribution in [0.3, 0.4) is 0 Å². The van der Waals surface area contributed by atoms with E-state index in [0.717, 1.165) is 17.5 Å². The molecule has 0 heterocycles. The van der Waals surface area contributed by atoms with E-state index in [2.05, 4.69) is 5.32 Å². The Kier molecular flexibility index (Phi) is 8.52. The van der Waals surface area contributed by atoms with Crippen LogP contribution in [-0.4, -0.2) is 35.4 Å². The van der Waals surface area contributed by atoms with Crippen LogP contribution in [0.2, 0.25) is 5.02 Å². The number of nitrogens with one attached hydrogen (secondary N) is 1. The van der Waals surface area contributed by atoms with Crippen LogP contribution in [0.4, 0.5) is 0 Å². The second kappa shape index (κ2) is 10.9. The Labute approximate surface area is 178 Å². The molecule has 0 spiro atoms. The second-order valence-corrected chi connectivity index (χ2v) is 7.69. The molecule has 0 bridgehead atoms. The first-order valence-electron chi connectivity index (χ1n) is 9.84. The largest absolute Gasteiger partial charge is 0.484 e. The fourth-order valence-corrected chi connectivity index (χ4v) is 3.03. The van der Waals surface area contributed by atoms with Gasteiger partial charge in [-0.2, -0.15) is 0 Å². The fourth-order valence-electron chi connectivity index (χ4n) is 2.81. The minimum Gasteiger partial charge on any atom is -0.484 e. The molecule has 6 heteroatoms. The van der Waals surface area contributed by atoms with Crippen LogP contribution in [0.15, 0.2) is 48.5 Å². The van der Waals surface area contributed by atoms with Crippen molar-refractivity contribution in [3.05, 3.63) is 64.7 Å². The minimum atomic E-state index is -0.642. The molecule has 0 aromatic heterocycles. The molecule has 0 aliphatic rings. The number of ether oxygens (including phenoxy) is 1. The highest BCUT2D eigenvalue weighted by Gasteiger charge is 2.27. The van der Waals surface area contributed by atoms with Gasteiger partial charge in [-0.15, -0.1) is 0 Å². The molecule has 0 radical (unpaired) electrons. The molecule has 2 atom stereocenters. The lowest BCUT2D eigenvalue weighted by molar-refractivity contribution is -0.142. The van der Waals surface area contributed by atoms with E-state index in [1.54, 1.807) is 25.1 Å². The molecule has 2 amide bonds. The van der Waals surface area contributed by atoms with Gasteiger partial charge < -0.3 is 15.0 Å². The number of rotatable bonds is 9. The number of hydrogen-bond acceptors (Lipinski definition) is 3. The lowest BCUT2D eigenvalue weighted by Crippen LogP contribution is -2.50. The number of amides is 2. The van der Waals surface area contributed by atoms with Crippen molar-refractivity contribution in [1.29, 1.82) is 0 Å². The highest BCUT2D eigenvalue weighted by Crippen LogP contribution is 2.16. The molecule has 0 saturated carbocycles. The highest BCUT2D eigenvalue weighted by molar-refractivity contribution is 6.30. The zero-order valence-corrected chi connectivity index (χ0v) is 18.2. The van der Waals surface area contributed by atoms with Crippen molar-refractivity contribution in [2.45, 2.75) is 52.7 Å². The van der Waals surface area contributed by atoms with Gasteiger partial charge in [-0.25, -0.2) is 0 Å². The normalized spacial score (nSPS) is 12.7. The molecular formula is C23H29ClN2O3. The summed E-state index contributed by atoms with van der Waals surface area (Å²) in [6.07, 6.45) is 0.817. The third-order valence-corrected chi connectivity index (χ3v) is 5.00. The van der Waals surface area contributed by atoms with Crippen molar-refractivity contribution in [2.24, 2.45) is 0 Å².